The van der Waals surface area contributed by atoms with E-state index in [-0.39, 0.29) is 29.4 Å². The number of nitrogens with one attached hydrogen (secondary N) is 1. The predicted molar refractivity (Wildman–Crippen MR) is 147 cm³/mol. The molecule has 0 unspecified atom stereocenters. The van der Waals surface area contributed by atoms with Crippen molar-refractivity contribution in [2.75, 3.05) is 29.6 Å². The number of hydrogen-bond acceptors (Lipinski definition) is 8. The number of nitrogens with zero attached hydrogens (tertiary/aromatic N) is 4. The van der Waals surface area contributed by atoms with E-state index in [0.29, 0.717) is 11.4 Å². The summed E-state index contributed by atoms with van der Waals surface area (Å²) in [6, 6.07) is 17.7. The third-order valence-corrected chi connectivity index (χ3v) is 7.41. The molecule has 4 heterocycles. The van der Waals surface area contributed by atoms with Crippen LogP contribution < -0.4 is 10.2 Å². The molecule has 2 atom stereocenters. The Morgan fingerprint density at radius 2 is 1.71 bits per heavy atom. The zero-order valence-electron chi connectivity index (χ0n) is 21.5. The maximum absolute atomic E-state index is 12.6. The summed E-state index contributed by atoms with van der Waals surface area (Å²) in [7, 11) is -3.30. The fraction of sp³-hybridized carbons (Fsp3) is 0.286. The second-order valence-corrected chi connectivity index (χ2v) is 11.6. The Labute approximate surface area is 221 Å². The minimum atomic E-state index is -3.30. The molecule has 0 saturated carbocycles. The average Bonchev–Trinajstić information content (AvgIpc) is 2.87. The van der Waals surface area contributed by atoms with Gasteiger partial charge in [0.15, 0.2) is 9.84 Å². The van der Waals surface area contributed by atoms with Crippen molar-refractivity contribution in [3.8, 4) is 11.4 Å². The molecular formula is C28H29N5O4S. The molecule has 1 amide bonds. The second-order valence-electron chi connectivity index (χ2n) is 9.63. The molecule has 1 saturated heterocycles. The van der Waals surface area contributed by atoms with Crippen LogP contribution in [-0.4, -0.2) is 60.8 Å². The number of pyridine rings is 3. The summed E-state index contributed by atoms with van der Waals surface area (Å²) in [6.45, 7) is 5.70. The van der Waals surface area contributed by atoms with Gasteiger partial charge in [-0.1, -0.05) is 6.07 Å². The van der Waals surface area contributed by atoms with Gasteiger partial charge in [-0.3, -0.25) is 9.78 Å². The summed E-state index contributed by atoms with van der Waals surface area (Å²) in [6.07, 6.45) is 3.17. The van der Waals surface area contributed by atoms with Crippen molar-refractivity contribution in [2.45, 2.75) is 37.4 Å². The van der Waals surface area contributed by atoms with Gasteiger partial charge in [0.25, 0.3) is 0 Å². The van der Waals surface area contributed by atoms with E-state index in [1.165, 1.54) is 12.1 Å². The zero-order chi connectivity index (χ0) is 26.9. The van der Waals surface area contributed by atoms with Gasteiger partial charge >= 0.3 is 0 Å². The Balaban J connectivity index is 1.32. The number of rotatable bonds is 6. The number of carbonyl (C=O) groups excluding carboxylic acids is 1. The topological polar surface area (TPSA) is 114 Å². The van der Waals surface area contributed by atoms with Gasteiger partial charge in [0.05, 0.1) is 46.1 Å². The highest BCUT2D eigenvalue weighted by atomic mass is 32.2. The molecule has 0 spiro atoms. The Hall–Kier alpha value is -3.89. The fourth-order valence-electron chi connectivity index (χ4n) is 4.56. The van der Waals surface area contributed by atoms with Crippen molar-refractivity contribution in [1.82, 2.24) is 15.0 Å². The molecule has 0 radical (unpaired) electrons. The molecule has 10 heteroatoms. The van der Waals surface area contributed by atoms with Crippen molar-refractivity contribution in [1.29, 1.82) is 0 Å². The van der Waals surface area contributed by atoms with E-state index in [0.717, 1.165) is 47.5 Å². The molecule has 4 aromatic rings. The maximum atomic E-state index is 12.6. The van der Waals surface area contributed by atoms with Gasteiger partial charge in [0.1, 0.15) is 5.82 Å². The lowest BCUT2D eigenvalue weighted by atomic mass is 10.1. The number of carbonyl (C=O) groups is 1. The van der Waals surface area contributed by atoms with Crippen LogP contribution in [0.4, 0.5) is 11.5 Å². The molecule has 1 aliphatic rings. The fourth-order valence-corrected chi connectivity index (χ4v) is 5.19. The first-order valence-corrected chi connectivity index (χ1v) is 14.3. The summed E-state index contributed by atoms with van der Waals surface area (Å²) in [4.78, 5) is 29.1. The normalized spacial score (nSPS) is 17.9. The third-order valence-electron chi connectivity index (χ3n) is 6.28. The van der Waals surface area contributed by atoms with Gasteiger partial charge in [-0.25, -0.2) is 18.4 Å². The van der Waals surface area contributed by atoms with Crippen LogP contribution in [0.5, 0.6) is 0 Å². The highest BCUT2D eigenvalue weighted by Gasteiger charge is 2.23. The van der Waals surface area contributed by atoms with E-state index in [1.807, 2.05) is 30.3 Å². The Morgan fingerprint density at radius 1 is 1.00 bits per heavy atom. The molecule has 1 fully saturated rings. The molecule has 5 rings (SSSR count). The van der Waals surface area contributed by atoms with Crippen LogP contribution in [0.15, 0.2) is 71.8 Å². The van der Waals surface area contributed by atoms with Crippen LogP contribution in [0.25, 0.3) is 22.3 Å². The highest BCUT2D eigenvalue weighted by Crippen LogP contribution is 2.24. The number of ether oxygens (including phenoxy) is 1. The third kappa shape index (κ3) is 5.98. The molecule has 0 bridgehead atoms. The van der Waals surface area contributed by atoms with Gasteiger partial charge in [-0.05, 0) is 68.4 Å². The van der Waals surface area contributed by atoms with Crippen LogP contribution in [0.3, 0.4) is 0 Å². The average molecular weight is 532 g/mol. The first kappa shape index (κ1) is 25.7. The van der Waals surface area contributed by atoms with Crippen molar-refractivity contribution in [3.63, 3.8) is 0 Å². The summed E-state index contributed by atoms with van der Waals surface area (Å²) in [5.41, 5.74) is 3.31. The van der Waals surface area contributed by atoms with Crippen LogP contribution >= 0.6 is 0 Å². The van der Waals surface area contributed by atoms with E-state index in [9.17, 15) is 13.2 Å². The summed E-state index contributed by atoms with van der Waals surface area (Å²) < 4.78 is 29.1. The summed E-state index contributed by atoms with van der Waals surface area (Å²) >= 11 is 0. The highest BCUT2D eigenvalue weighted by molar-refractivity contribution is 7.90. The van der Waals surface area contributed by atoms with E-state index in [2.05, 4.69) is 29.0 Å². The van der Waals surface area contributed by atoms with Gasteiger partial charge in [-0.15, -0.1) is 0 Å². The first-order valence-electron chi connectivity index (χ1n) is 12.4. The summed E-state index contributed by atoms with van der Waals surface area (Å²) in [5.74, 6) is 0.631. The lowest BCUT2D eigenvalue weighted by Gasteiger charge is -2.36. The summed E-state index contributed by atoms with van der Waals surface area (Å²) in [5, 5.41) is 3.64. The number of anilines is 2. The first-order chi connectivity index (χ1) is 18.1. The van der Waals surface area contributed by atoms with Crippen LogP contribution in [0.1, 0.15) is 19.5 Å². The molecule has 1 N–H and O–H groups in total. The molecule has 1 aliphatic heterocycles. The van der Waals surface area contributed by atoms with E-state index in [4.69, 9.17) is 14.7 Å². The Kier molecular flexibility index (Phi) is 7.09. The second kappa shape index (κ2) is 10.5. The molecule has 38 heavy (non-hydrogen) atoms. The van der Waals surface area contributed by atoms with Crippen LogP contribution in [-0.2, 0) is 25.8 Å². The van der Waals surface area contributed by atoms with Crippen molar-refractivity contribution < 1.29 is 17.9 Å². The largest absolute Gasteiger partial charge is 0.372 e. The molecule has 0 aliphatic carbocycles. The standard InChI is InChI=1S/C28H29N5O4S/c1-18-16-33(17-19(2)37-18)27-6-4-5-24(32-27)25-12-7-20-15-29-22(13-26(20)31-25)14-28(34)30-21-8-10-23(11-9-21)38(3,35)36/h4-13,15,18-19H,14,16-17H2,1-3H3,(H,30,34)/t18-,19+. The van der Waals surface area contributed by atoms with Crippen molar-refractivity contribution in [2.24, 2.45) is 0 Å². The number of amides is 1. The number of morpholine rings is 1. The quantitative estimate of drug-likeness (QED) is 0.399. The van der Waals surface area contributed by atoms with E-state index >= 15 is 0 Å². The van der Waals surface area contributed by atoms with E-state index in [1.54, 1.807) is 24.4 Å². The van der Waals surface area contributed by atoms with Crippen molar-refractivity contribution in [3.05, 3.63) is 72.6 Å². The number of aromatic nitrogens is 3. The Morgan fingerprint density at radius 3 is 2.42 bits per heavy atom. The monoisotopic (exact) mass is 531 g/mol. The lowest BCUT2D eigenvalue weighted by Crippen LogP contribution is -2.45. The van der Waals surface area contributed by atoms with Crippen LogP contribution in [0, 0.1) is 0 Å². The lowest BCUT2D eigenvalue weighted by molar-refractivity contribution is -0.115. The number of sulfone groups is 1. The minimum absolute atomic E-state index is 0.0524. The maximum Gasteiger partial charge on any atom is 0.230 e. The van der Waals surface area contributed by atoms with Crippen molar-refractivity contribution >= 4 is 38.2 Å². The number of benzene rings is 1. The SMILES string of the molecule is C[C@@H]1CN(c2cccc(-c3ccc4cnc(CC(=O)Nc5ccc(S(C)(=O)=O)cc5)cc4n3)n2)C[C@H](C)O1. The van der Waals surface area contributed by atoms with Gasteiger partial charge in [-0.2, -0.15) is 0 Å². The van der Waals surface area contributed by atoms with Gasteiger partial charge in [0.2, 0.25) is 5.91 Å². The van der Waals surface area contributed by atoms with Gasteiger partial charge < -0.3 is 15.0 Å². The zero-order valence-corrected chi connectivity index (χ0v) is 22.3. The van der Waals surface area contributed by atoms with Crippen LogP contribution in [0.2, 0.25) is 0 Å². The van der Waals surface area contributed by atoms with E-state index < -0.39 is 9.84 Å². The molecule has 3 aromatic heterocycles. The molecular weight excluding hydrogens is 502 g/mol. The minimum Gasteiger partial charge on any atom is -0.372 e. The number of fused-ring (bicyclic) bond motifs is 1. The predicted octanol–water partition coefficient (Wildman–Crippen LogP) is 3.89. The van der Waals surface area contributed by atoms with Gasteiger partial charge in [0, 0.05) is 36.6 Å². The number of hydrogen-bond donors (Lipinski definition) is 1. The molecule has 1 aromatic carbocycles. The Bertz CT molecular complexity index is 1580. The smallest absolute Gasteiger partial charge is 0.230 e. The molecule has 196 valence electrons. The molecule has 9 nitrogen and oxygen atoms in total.